The van der Waals surface area contributed by atoms with Crippen LogP contribution in [0.1, 0.15) is 310 Å². The molecule has 0 aliphatic heterocycles. The standard InChI is InChI=1S/C76H126O6/c1-4-7-10-13-16-19-22-25-27-29-30-31-32-33-34-35-36-37-38-39-40-41-42-43-44-45-46-48-49-51-54-57-60-63-66-69-75(78)81-72-73(71-80-74(77)68-65-62-59-56-53-24-21-18-15-12-9-6-3)82-76(79)70-67-64-61-58-55-52-50-47-28-26-23-20-17-14-11-8-5-2/h7,10,16-21,25-28,30-31,33-34,36-37,39-40,42-43,73H,4-6,8-9,11-15,22-24,29,32,35,38,41,44-72H2,1-3H3/b10-7-,19-16-,20-17-,21-18-,27-25-,28-26-,31-30-,34-33-,37-36-,40-39-,43-42-. The fraction of sp³-hybridized carbons (Fsp3) is 0.671. The molecule has 0 bridgehead atoms. The lowest BCUT2D eigenvalue weighted by Crippen LogP contribution is -2.30. The topological polar surface area (TPSA) is 78.9 Å². The largest absolute Gasteiger partial charge is 0.462 e. The number of unbranched alkanes of at least 4 members (excludes halogenated alkanes) is 28. The van der Waals surface area contributed by atoms with E-state index in [1.807, 2.05) is 0 Å². The van der Waals surface area contributed by atoms with Crippen molar-refractivity contribution in [1.82, 2.24) is 0 Å². The Labute approximate surface area is 506 Å². The van der Waals surface area contributed by atoms with Gasteiger partial charge in [0.25, 0.3) is 0 Å². The Bertz CT molecular complexity index is 1730. The van der Waals surface area contributed by atoms with Gasteiger partial charge in [-0.15, -0.1) is 0 Å². The first kappa shape index (κ1) is 77.5. The molecule has 466 valence electrons. The fourth-order valence-corrected chi connectivity index (χ4v) is 9.25. The monoisotopic (exact) mass is 1130 g/mol. The summed E-state index contributed by atoms with van der Waals surface area (Å²) >= 11 is 0. The Morgan fingerprint density at radius 2 is 0.476 bits per heavy atom. The lowest BCUT2D eigenvalue weighted by atomic mass is 10.1. The van der Waals surface area contributed by atoms with Gasteiger partial charge in [0.15, 0.2) is 6.10 Å². The number of carbonyl (C=O) groups excluding carboxylic acids is 3. The summed E-state index contributed by atoms with van der Waals surface area (Å²) in [6, 6.07) is 0. The van der Waals surface area contributed by atoms with E-state index in [1.54, 1.807) is 0 Å². The second kappa shape index (κ2) is 69.0. The van der Waals surface area contributed by atoms with Crippen molar-refractivity contribution in [2.45, 2.75) is 316 Å². The van der Waals surface area contributed by atoms with E-state index in [1.165, 1.54) is 135 Å². The SMILES string of the molecule is CC/C=C\C/C=C\C/C=C\C/C=C\C/C=C\C/C=C\C/C=C\C/C=C\CCCCCCCCCCCCC(=O)OCC(COC(=O)CCCCCCC/C=C\CCCCC)OC(=O)CCCCCCCCC/C=C\C/C=C\CCCCC. The maximum Gasteiger partial charge on any atom is 0.306 e. The van der Waals surface area contributed by atoms with E-state index in [0.29, 0.717) is 19.3 Å². The average molecular weight is 1140 g/mol. The molecule has 82 heavy (non-hydrogen) atoms. The Morgan fingerprint density at radius 3 is 0.756 bits per heavy atom. The van der Waals surface area contributed by atoms with Crippen LogP contribution in [0.2, 0.25) is 0 Å². The molecule has 0 heterocycles. The van der Waals surface area contributed by atoms with Gasteiger partial charge in [0.1, 0.15) is 13.2 Å². The van der Waals surface area contributed by atoms with Gasteiger partial charge in [0.2, 0.25) is 0 Å². The molecule has 0 spiro atoms. The summed E-state index contributed by atoms with van der Waals surface area (Å²) in [5.41, 5.74) is 0. The van der Waals surface area contributed by atoms with Crippen molar-refractivity contribution in [1.29, 1.82) is 0 Å². The molecule has 0 aliphatic carbocycles. The van der Waals surface area contributed by atoms with Crippen molar-refractivity contribution in [2.75, 3.05) is 13.2 Å². The van der Waals surface area contributed by atoms with Gasteiger partial charge in [-0.3, -0.25) is 14.4 Å². The molecule has 0 saturated heterocycles. The molecular formula is C76H126O6. The summed E-state index contributed by atoms with van der Waals surface area (Å²) in [7, 11) is 0. The van der Waals surface area contributed by atoms with Crippen LogP contribution in [0.15, 0.2) is 134 Å². The van der Waals surface area contributed by atoms with Gasteiger partial charge in [0.05, 0.1) is 0 Å². The number of ether oxygens (including phenoxy) is 3. The number of rotatable bonds is 61. The fourth-order valence-electron chi connectivity index (χ4n) is 9.25. The van der Waals surface area contributed by atoms with Gasteiger partial charge >= 0.3 is 17.9 Å². The minimum atomic E-state index is -0.791. The van der Waals surface area contributed by atoms with Crippen LogP contribution in [-0.2, 0) is 28.6 Å². The van der Waals surface area contributed by atoms with Gasteiger partial charge in [-0.2, -0.15) is 0 Å². The summed E-state index contributed by atoms with van der Waals surface area (Å²) in [5, 5.41) is 0. The first-order valence-electron chi connectivity index (χ1n) is 34.2. The second-order valence-electron chi connectivity index (χ2n) is 22.3. The van der Waals surface area contributed by atoms with E-state index < -0.39 is 6.10 Å². The highest BCUT2D eigenvalue weighted by molar-refractivity contribution is 5.71. The van der Waals surface area contributed by atoms with Crippen LogP contribution in [0.25, 0.3) is 0 Å². The maximum atomic E-state index is 12.9. The Hall–Kier alpha value is -4.45. The van der Waals surface area contributed by atoms with Gasteiger partial charge in [0, 0.05) is 19.3 Å². The number of hydrogen-bond donors (Lipinski definition) is 0. The molecule has 0 saturated carbocycles. The van der Waals surface area contributed by atoms with E-state index >= 15 is 0 Å². The molecule has 6 heteroatoms. The predicted octanol–water partition coefficient (Wildman–Crippen LogP) is 23.7. The molecule has 0 fully saturated rings. The molecule has 1 atom stereocenters. The summed E-state index contributed by atoms with van der Waals surface area (Å²) < 4.78 is 16.9. The number of carbonyl (C=O) groups is 3. The van der Waals surface area contributed by atoms with Crippen LogP contribution in [-0.4, -0.2) is 37.2 Å². The van der Waals surface area contributed by atoms with Crippen LogP contribution >= 0.6 is 0 Å². The highest BCUT2D eigenvalue weighted by Gasteiger charge is 2.19. The van der Waals surface area contributed by atoms with Gasteiger partial charge in [-0.25, -0.2) is 0 Å². The highest BCUT2D eigenvalue weighted by Crippen LogP contribution is 2.16. The minimum absolute atomic E-state index is 0.0875. The number of hydrogen-bond acceptors (Lipinski definition) is 6. The Kier molecular flexibility index (Phi) is 65.3. The third kappa shape index (κ3) is 66.4. The lowest BCUT2D eigenvalue weighted by Gasteiger charge is -2.18. The lowest BCUT2D eigenvalue weighted by molar-refractivity contribution is -0.167. The minimum Gasteiger partial charge on any atom is -0.462 e. The van der Waals surface area contributed by atoms with Gasteiger partial charge in [-0.1, -0.05) is 283 Å². The van der Waals surface area contributed by atoms with Crippen LogP contribution in [0, 0.1) is 0 Å². The van der Waals surface area contributed by atoms with Crippen molar-refractivity contribution in [3.63, 3.8) is 0 Å². The predicted molar refractivity (Wildman–Crippen MR) is 357 cm³/mol. The summed E-state index contributed by atoms with van der Waals surface area (Å²) in [5.74, 6) is -0.903. The van der Waals surface area contributed by atoms with E-state index in [9.17, 15) is 14.4 Å². The van der Waals surface area contributed by atoms with E-state index in [4.69, 9.17) is 14.2 Å². The van der Waals surface area contributed by atoms with Crippen LogP contribution < -0.4 is 0 Å². The molecule has 0 aromatic rings. The van der Waals surface area contributed by atoms with E-state index in [2.05, 4.69) is 154 Å². The zero-order valence-corrected chi connectivity index (χ0v) is 53.5. The quantitative estimate of drug-likeness (QED) is 0.0261. The molecule has 1 unspecified atom stereocenters. The van der Waals surface area contributed by atoms with Crippen LogP contribution in [0.4, 0.5) is 0 Å². The molecule has 0 radical (unpaired) electrons. The van der Waals surface area contributed by atoms with Crippen LogP contribution in [0.3, 0.4) is 0 Å². The zero-order valence-electron chi connectivity index (χ0n) is 53.5. The van der Waals surface area contributed by atoms with E-state index in [0.717, 1.165) is 135 Å². The Morgan fingerprint density at radius 1 is 0.256 bits per heavy atom. The molecule has 0 amide bonds. The molecule has 0 aromatic heterocycles. The van der Waals surface area contributed by atoms with Crippen molar-refractivity contribution in [2.24, 2.45) is 0 Å². The second-order valence-corrected chi connectivity index (χ2v) is 22.3. The van der Waals surface area contributed by atoms with Crippen molar-refractivity contribution in [3.8, 4) is 0 Å². The first-order valence-corrected chi connectivity index (χ1v) is 34.2. The molecular weight excluding hydrogens is 1010 g/mol. The van der Waals surface area contributed by atoms with Crippen molar-refractivity contribution in [3.05, 3.63) is 134 Å². The molecule has 6 nitrogen and oxygen atoms in total. The van der Waals surface area contributed by atoms with E-state index in [-0.39, 0.29) is 31.1 Å². The zero-order chi connectivity index (χ0) is 59.2. The average Bonchev–Trinajstić information content (AvgIpc) is 3.47. The van der Waals surface area contributed by atoms with Crippen molar-refractivity contribution >= 4 is 17.9 Å². The number of esters is 3. The van der Waals surface area contributed by atoms with Gasteiger partial charge in [-0.05, 0) is 141 Å². The molecule has 0 aromatic carbocycles. The highest BCUT2D eigenvalue weighted by atomic mass is 16.6. The summed E-state index contributed by atoms with van der Waals surface area (Å²) in [6.45, 7) is 6.47. The Balaban J connectivity index is 4.23. The summed E-state index contributed by atoms with van der Waals surface area (Å²) in [4.78, 5) is 38.3. The smallest absolute Gasteiger partial charge is 0.306 e. The maximum absolute atomic E-state index is 12.9. The molecule has 0 aliphatic rings. The van der Waals surface area contributed by atoms with Gasteiger partial charge < -0.3 is 14.2 Å². The third-order valence-electron chi connectivity index (χ3n) is 14.4. The third-order valence-corrected chi connectivity index (χ3v) is 14.4. The first-order chi connectivity index (χ1) is 40.5. The normalized spacial score (nSPS) is 13.0. The molecule has 0 N–H and O–H groups in total. The molecule has 0 rings (SSSR count). The summed E-state index contributed by atoms with van der Waals surface area (Å²) in [6.07, 6.45) is 97.5. The number of allylic oxidation sites excluding steroid dienone is 22. The van der Waals surface area contributed by atoms with Crippen molar-refractivity contribution < 1.29 is 28.6 Å². The van der Waals surface area contributed by atoms with Crippen LogP contribution in [0.5, 0.6) is 0 Å².